The zero-order valence-corrected chi connectivity index (χ0v) is 11.2. The lowest BCUT2D eigenvalue weighted by molar-refractivity contribution is -0.183. The van der Waals surface area contributed by atoms with Crippen LogP contribution in [0.15, 0.2) is 0 Å². The zero-order valence-electron chi connectivity index (χ0n) is 11.2. The molecule has 2 amide bonds. The summed E-state index contributed by atoms with van der Waals surface area (Å²) >= 11 is 0. The van der Waals surface area contributed by atoms with E-state index in [1.54, 1.807) is 0 Å². The molecule has 2 N–H and O–H groups in total. The number of ether oxygens (including phenoxy) is 1. The molecule has 0 radical (unpaired) electrons. The summed E-state index contributed by atoms with van der Waals surface area (Å²) in [6.45, 7) is 0.154. The lowest BCUT2D eigenvalue weighted by Crippen LogP contribution is -2.51. The van der Waals surface area contributed by atoms with Crippen LogP contribution in [0, 0.1) is 11.8 Å². The SMILES string of the molecule is O=C(O)C1COCC1NC(=O)N1CCC(C(F)(F)F)CC1. The number of carboxylic acids is 1. The highest BCUT2D eigenvalue weighted by Gasteiger charge is 2.42. The molecule has 0 aromatic carbocycles. The molecule has 2 saturated heterocycles. The Bertz CT molecular complexity index is 408. The quantitative estimate of drug-likeness (QED) is 0.800. The van der Waals surface area contributed by atoms with Gasteiger partial charge >= 0.3 is 18.2 Å². The molecule has 2 atom stereocenters. The maximum Gasteiger partial charge on any atom is 0.391 e. The van der Waals surface area contributed by atoms with Gasteiger partial charge in [0.25, 0.3) is 0 Å². The Labute approximate surface area is 119 Å². The van der Waals surface area contributed by atoms with E-state index in [-0.39, 0.29) is 39.1 Å². The number of hydrogen-bond donors (Lipinski definition) is 2. The van der Waals surface area contributed by atoms with Gasteiger partial charge in [0.2, 0.25) is 0 Å². The molecule has 21 heavy (non-hydrogen) atoms. The van der Waals surface area contributed by atoms with Crippen LogP contribution in [-0.2, 0) is 9.53 Å². The van der Waals surface area contributed by atoms with Crippen molar-refractivity contribution in [1.82, 2.24) is 10.2 Å². The van der Waals surface area contributed by atoms with Crippen molar-refractivity contribution in [2.75, 3.05) is 26.3 Å². The zero-order chi connectivity index (χ0) is 15.6. The Morgan fingerprint density at radius 3 is 2.33 bits per heavy atom. The Hall–Kier alpha value is -1.51. The van der Waals surface area contributed by atoms with Crippen LogP contribution in [0.3, 0.4) is 0 Å². The van der Waals surface area contributed by atoms with Crippen LogP contribution in [0.2, 0.25) is 0 Å². The molecule has 0 spiro atoms. The van der Waals surface area contributed by atoms with E-state index in [9.17, 15) is 22.8 Å². The molecular weight excluding hydrogens is 293 g/mol. The first-order chi connectivity index (χ1) is 9.79. The van der Waals surface area contributed by atoms with Gasteiger partial charge in [-0.3, -0.25) is 4.79 Å². The summed E-state index contributed by atoms with van der Waals surface area (Å²) in [5, 5.41) is 11.5. The first-order valence-electron chi connectivity index (χ1n) is 6.71. The molecule has 0 aromatic rings. The highest BCUT2D eigenvalue weighted by Crippen LogP contribution is 2.34. The van der Waals surface area contributed by atoms with E-state index in [2.05, 4.69) is 5.32 Å². The van der Waals surface area contributed by atoms with Gasteiger partial charge < -0.3 is 20.1 Å². The predicted octanol–water partition coefficient (Wildman–Crippen LogP) is 1.07. The Morgan fingerprint density at radius 2 is 1.81 bits per heavy atom. The molecule has 0 bridgehead atoms. The average Bonchev–Trinajstić information content (AvgIpc) is 2.86. The average molecular weight is 310 g/mol. The van der Waals surface area contributed by atoms with Crippen molar-refractivity contribution in [1.29, 1.82) is 0 Å². The number of carboxylic acid groups (broad SMARTS) is 1. The number of nitrogens with one attached hydrogen (secondary N) is 1. The molecule has 120 valence electrons. The van der Waals surface area contributed by atoms with Crippen LogP contribution >= 0.6 is 0 Å². The number of urea groups is 1. The number of halogens is 3. The van der Waals surface area contributed by atoms with Crippen molar-refractivity contribution in [2.45, 2.75) is 25.1 Å². The van der Waals surface area contributed by atoms with Crippen LogP contribution in [0.5, 0.6) is 0 Å². The molecule has 0 aromatic heterocycles. The van der Waals surface area contributed by atoms with E-state index in [0.717, 1.165) is 0 Å². The van der Waals surface area contributed by atoms with Gasteiger partial charge in [-0.2, -0.15) is 13.2 Å². The summed E-state index contributed by atoms with van der Waals surface area (Å²) in [6, 6.07) is -1.17. The molecule has 0 saturated carbocycles. The third-order valence-corrected chi connectivity index (χ3v) is 3.95. The molecular formula is C12H17F3N2O4. The monoisotopic (exact) mass is 310 g/mol. The van der Waals surface area contributed by atoms with Gasteiger partial charge in [0.1, 0.15) is 5.92 Å². The third kappa shape index (κ3) is 3.78. The lowest BCUT2D eigenvalue weighted by atomic mass is 9.96. The van der Waals surface area contributed by atoms with Gasteiger partial charge in [0, 0.05) is 13.1 Å². The van der Waals surface area contributed by atoms with Crippen LogP contribution in [0.25, 0.3) is 0 Å². The summed E-state index contributed by atoms with van der Waals surface area (Å²) in [4.78, 5) is 24.2. The van der Waals surface area contributed by atoms with E-state index in [1.807, 2.05) is 0 Å². The second-order valence-corrected chi connectivity index (χ2v) is 5.34. The number of alkyl halides is 3. The molecule has 2 rings (SSSR count). The molecule has 6 nitrogen and oxygen atoms in total. The van der Waals surface area contributed by atoms with Crippen molar-refractivity contribution in [3.05, 3.63) is 0 Å². The molecule has 2 aliphatic rings. The highest BCUT2D eigenvalue weighted by atomic mass is 19.4. The summed E-state index contributed by atoms with van der Waals surface area (Å²) in [5.74, 6) is -3.25. The number of hydrogen-bond acceptors (Lipinski definition) is 3. The van der Waals surface area contributed by atoms with Gasteiger partial charge in [-0.25, -0.2) is 4.79 Å². The number of carbonyl (C=O) groups excluding carboxylic acids is 1. The van der Waals surface area contributed by atoms with Crippen LogP contribution in [-0.4, -0.2) is 60.5 Å². The first kappa shape index (κ1) is 15.9. The fourth-order valence-corrected chi connectivity index (χ4v) is 2.60. The number of likely N-dealkylation sites (tertiary alicyclic amines) is 1. The number of nitrogens with zero attached hydrogens (tertiary/aromatic N) is 1. The normalized spacial score (nSPS) is 27.7. The minimum absolute atomic E-state index is 0.0152. The Kier molecular flexibility index (Phi) is 4.60. The number of aliphatic carboxylic acids is 1. The van der Waals surface area contributed by atoms with E-state index < -0.39 is 36.1 Å². The van der Waals surface area contributed by atoms with Gasteiger partial charge in [-0.05, 0) is 12.8 Å². The Balaban J connectivity index is 1.84. The van der Waals surface area contributed by atoms with Gasteiger partial charge in [0.15, 0.2) is 0 Å². The first-order valence-corrected chi connectivity index (χ1v) is 6.71. The van der Waals surface area contributed by atoms with Crippen LogP contribution in [0.4, 0.5) is 18.0 Å². The fraction of sp³-hybridized carbons (Fsp3) is 0.833. The van der Waals surface area contributed by atoms with Crippen molar-refractivity contribution < 1.29 is 32.6 Å². The van der Waals surface area contributed by atoms with Gasteiger partial charge in [-0.15, -0.1) is 0 Å². The summed E-state index contributed by atoms with van der Waals surface area (Å²) in [7, 11) is 0. The van der Waals surface area contributed by atoms with E-state index in [0.29, 0.717) is 0 Å². The van der Waals surface area contributed by atoms with E-state index in [4.69, 9.17) is 9.84 Å². The standard InChI is InChI=1S/C12H17F3N2O4/c13-12(14,15)7-1-3-17(4-2-7)11(20)16-9-6-21-5-8(9)10(18)19/h7-9H,1-6H2,(H,16,20)(H,18,19). The van der Waals surface area contributed by atoms with Crippen LogP contribution in [0.1, 0.15) is 12.8 Å². The van der Waals surface area contributed by atoms with Crippen molar-refractivity contribution in [3.8, 4) is 0 Å². The Morgan fingerprint density at radius 1 is 1.19 bits per heavy atom. The molecule has 9 heteroatoms. The highest BCUT2D eigenvalue weighted by molar-refractivity contribution is 5.77. The van der Waals surface area contributed by atoms with Crippen molar-refractivity contribution in [2.24, 2.45) is 11.8 Å². The van der Waals surface area contributed by atoms with Gasteiger partial charge in [-0.1, -0.05) is 0 Å². The molecule has 2 heterocycles. The summed E-state index contributed by atoms with van der Waals surface area (Å²) in [5.41, 5.74) is 0. The summed E-state index contributed by atoms with van der Waals surface area (Å²) in [6.07, 6.45) is -4.48. The smallest absolute Gasteiger partial charge is 0.391 e. The minimum atomic E-state index is -4.23. The van der Waals surface area contributed by atoms with E-state index in [1.165, 1.54) is 4.90 Å². The van der Waals surface area contributed by atoms with Crippen LogP contribution < -0.4 is 5.32 Å². The predicted molar refractivity (Wildman–Crippen MR) is 64.6 cm³/mol. The fourth-order valence-electron chi connectivity index (χ4n) is 2.60. The molecule has 2 aliphatic heterocycles. The number of piperidine rings is 1. The topological polar surface area (TPSA) is 78.9 Å². The molecule has 2 unspecified atom stereocenters. The maximum atomic E-state index is 12.5. The maximum absolute atomic E-state index is 12.5. The largest absolute Gasteiger partial charge is 0.481 e. The lowest BCUT2D eigenvalue weighted by Gasteiger charge is -2.33. The van der Waals surface area contributed by atoms with Gasteiger partial charge in [0.05, 0.1) is 25.2 Å². The van der Waals surface area contributed by atoms with E-state index >= 15 is 0 Å². The molecule has 2 fully saturated rings. The second-order valence-electron chi connectivity index (χ2n) is 5.34. The number of rotatable bonds is 2. The molecule has 0 aliphatic carbocycles. The number of carbonyl (C=O) groups is 2. The second kappa shape index (κ2) is 6.08. The van der Waals surface area contributed by atoms with Crippen molar-refractivity contribution in [3.63, 3.8) is 0 Å². The third-order valence-electron chi connectivity index (χ3n) is 3.95. The minimum Gasteiger partial charge on any atom is -0.481 e. The van der Waals surface area contributed by atoms with Crippen molar-refractivity contribution >= 4 is 12.0 Å². The summed E-state index contributed by atoms with van der Waals surface area (Å²) < 4.78 is 42.6. The number of amides is 2.